The Morgan fingerprint density at radius 2 is 2.13 bits per heavy atom. The SMILES string of the molecule is C=c1ccc(C)c/c1=C/NCC(C)(F)F. The van der Waals surface area contributed by atoms with Gasteiger partial charge in [-0.25, -0.2) is 8.78 Å². The second-order valence-electron chi connectivity index (χ2n) is 3.80. The molecule has 1 rings (SSSR count). The van der Waals surface area contributed by atoms with Crippen LogP contribution in [0.3, 0.4) is 0 Å². The highest BCUT2D eigenvalue weighted by Gasteiger charge is 2.18. The van der Waals surface area contributed by atoms with E-state index in [2.05, 4.69) is 11.9 Å². The molecule has 1 N–H and O–H groups in total. The van der Waals surface area contributed by atoms with Crippen molar-refractivity contribution < 1.29 is 8.78 Å². The molecule has 1 nitrogen and oxygen atoms in total. The topological polar surface area (TPSA) is 12.0 Å². The van der Waals surface area contributed by atoms with Crippen molar-refractivity contribution in [3.8, 4) is 0 Å². The van der Waals surface area contributed by atoms with E-state index in [0.29, 0.717) is 0 Å². The fraction of sp³-hybridized carbons (Fsp3) is 0.333. The minimum Gasteiger partial charge on any atom is -0.384 e. The summed E-state index contributed by atoms with van der Waals surface area (Å²) in [5.41, 5.74) is 1.08. The van der Waals surface area contributed by atoms with E-state index in [4.69, 9.17) is 0 Å². The summed E-state index contributed by atoms with van der Waals surface area (Å²) in [5, 5.41) is 4.27. The van der Waals surface area contributed by atoms with Gasteiger partial charge >= 0.3 is 0 Å². The van der Waals surface area contributed by atoms with Crippen LogP contribution in [-0.2, 0) is 0 Å². The van der Waals surface area contributed by atoms with Crippen LogP contribution in [0.15, 0.2) is 18.2 Å². The van der Waals surface area contributed by atoms with Gasteiger partial charge in [0.1, 0.15) is 0 Å². The van der Waals surface area contributed by atoms with E-state index >= 15 is 0 Å². The molecule has 1 aromatic carbocycles. The molecule has 0 aliphatic carbocycles. The Labute approximate surface area is 88.1 Å². The molecule has 0 spiro atoms. The number of benzene rings is 1. The molecular weight excluding hydrogens is 196 g/mol. The Morgan fingerprint density at radius 1 is 1.47 bits per heavy atom. The summed E-state index contributed by atoms with van der Waals surface area (Å²) in [6.45, 7) is 6.29. The summed E-state index contributed by atoms with van der Waals surface area (Å²) < 4.78 is 25.0. The monoisotopic (exact) mass is 211 g/mol. The highest BCUT2D eigenvalue weighted by Crippen LogP contribution is 2.08. The summed E-state index contributed by atoms with van der Waals surface area (Å²) in [5.74, 6) is -2.69. The smallest absolute Gasteiger partial charge is 0.262 e. The highest BCUT2D eigenvalue weighted by atomic mass is 19.3. The van der Waals surface area contributed by atoms with E-state index in [-0.39, 0.29) is 6.54 Å². The molecule has 0 aromatic heterocycles. The molecule has 0 unspecified atom stereocenters. The molecule has 0 fully saturated rings. The van der Waals surface area contributed by atoms with Crippen LogP contribution in [0.1, 0.15) is 12.5 Å². The van der Waals surface area contributed by atoms with Gasteiger partial charge < -0.3 is 5.32 Å². The van der Waals surface area contributed by atoms with Gasteiger partial charge in [-0.3, -0.25) is 0 Å². The van der Waals surface area contributed by atoms with Crippen molar-refractivity contribution in [1.82, 2.24) is 5.32 Å². The fourth-order valence-electron chi connectivity index (χ4n) is 1.19. The van der Waals surface area contributed by atoms with Gasteiger partial charge in [0, 0.05) is 13.1 Å². The van der Waals surface area contributed by atoms with E-state index in [9.17, 15) is 8.78 Å². The quantitative estimate of drug-likeness (QED) is 0.796. The van der Waals surface area contributed by atoms with Crippen LogP contribution in [0.2, 0.25) is 0 Å². The first-order valence-electron chi connectivity index (χ1n) is 4.75. The maximum atomic E-state index is 12.5. The predicted molar refractivity (Wildman–Crippen MR) is 59.0 cm³/mol. The number of aryl methyl sites for hydroxylation is 1. The Hall–Kier alpha value is -1.38. The third-order valence-corrected chi connectivity index (χ3v) is 1.97. The zero-order chi connectivity index (χ0) is 11.5. The number of rotatable bonds is 3. The van der Waals surface area contributed by atoms with Gasteiger partial charge in [-0.2, -0.15) is 0 Å². The molecule has 3 heteroatoms. The Balaban J connectivity index is 2.83. The van der Waals surface area contributed by atoms with Gasteiger partial charge in [0.05, 0.1) is 6.54 Å². The third kappa shape index (κ3) is 4.11. The van der Waals surface area contributed by atoms with E-state index in [0.717, 1.165) is 22.9 Å². The van der Waals surface area contributed by atoms with Crippen LogP contribution < -0.4 is 15.8 Å². The van der Waals surface area contributed by atoms with Crippen LogP contribution in [0.4, 0.5) is 8.78 Å². The molecule has 0 heterocycles. The highest BCUT2D eigenvalue weighted by molar-refractivity contribution is 5.28. The Morgan fingerprint density at radius 3 is 2.73 bits per heavy atom. The minimum absolute atomic E-state index is 0.361. The second-order valence-corrected chi connectivity index (χ2v) is 3.80. The largest absolute Gasteiger partial charge is 0.384 e. The van der Waals surface area contributed by atoms with Gasteiger partial charge in [0.2, 0.25) is 0 Å². The Kier molecular flexibility index (Phi) is 3.45. The molecule has 0 aliphatic heterocycles. The molecule has 0 aliphatic rings. The summed E-state index contributed by atoms with van der Waals surface area (Å²) in [4.78, 5) is 0. The lowest BCUT2D eigenvalue weighted by Gasteiger charge is -2.08. The summed E-state index contributed by atoms with van der Waals surface area (Å²) in [6.07, 6.45) is 1.58. The predicted octanol–water partition coefficient (Wildman–Crippen LogP) is 1.39. The second kappa shape index (κ2) is 4.43. The first-order chi connectivity index (χ1) is 6.88. The third-order valence-electron chi connectivity index (χ3n) is 1.97. The van der Waals surface area contributed by atoms with Crippen molar-refractivity contribution in [3.63, 3.8) is 0 Å². The lowest BCUT2D eigenvalue weighted by Crippen LogP contribution is -2.31. The summed E-state index contributed by atoms with van der Waals surface area (Å²) >= 11 is 0. The number of alkyl halides is 2. The molecule has 15 heavy (non-hydrogen) atoms. The van der Waals surface area contributed by atoms with Crippen LogP contribution in [-0.4, -0.2) is 12.5 Å². The van der Waals surface area contributed by atoms with Crippen LogP contribution >= 0.6 is 0 Å². The van der Waals surface area contributed by atoms with Gasteiger partial charge in [-0.1, -0.05) is 30.3 Å². The van der Waals surface area contributed by atoms with Gasteiger partial charge in [-0.15, -0.1) is 0 Å². The normalized spacial score (nSPS) is 12.9. The molecule has 0 atom stereocenters. The zero-order valence-corrected chi connectivity index (χ0v) is 8.98. The van der Waals surface area contributed by atoms with Crippen LogP contribution in [0, 0.1) is 6.92 Å². The number of hydrogen-bond donors (Lipinski definition) is 1. The summed E-state index contributed by atoms with van der Waals surface area (Å²) in [6, 6.07) is 5.71. The van der Waals surface area contributed by atoms with Crippen molar-refractivity contribution >= 4 is 12.8 Å². The van der Waals surface area contributed by atoms with Gasteiger partial charge in [0.15, 0.2) is 0 Å². The van der Waals surface area contributed by atoms with Crippen molar-refractivity contribution in [2.75, 3.05) is 6.54 Å². The Bertz CT molecular complexity index is 432. The molecule has 0 saturated heterocycles. The molecule has 82 valence electrons. The maximum Gasteiger partial charge on any atom is 0.262 e. The van der Waals surface area contributed by atoms with Crippen LogP contribution in [0.25, 0.3) is 12.8 Å². The van der Waals surface area contributed by atoms with E-state index in [1.165, 1.54) is 0 Å². The van der Waals surface area contributed by atoms with Crippen molar-refractivity contribution in [3.05, 3.63) is 34.2 Å². The fourth-order valence-corrected chi connectivity index (χ4v) is 1.19. The summed E-state index contributed by atoms with van der Waals surface area (Å²) in [7, 11) is 0. The lowest BCUT2D eigenvalue weighted by atomic mass is 10.2. The van der Waals surface area contributed by atoms with Gasteiger partial charge in [-0.05, 0) is 17.4 Å². The van der Waals surface area contributed by atoms with Crippen LogP contribution in [0.5, 0.6) is 0 Å². The van der Waals surface area contributed by atoms with Crippen molar-refractivity contribution in [2.24, 2.45) is 0 Å². The molecule has 0 saturated carbocycles. The zero-order valence-electron chi connectivity index (χ0n) is 8.98. The first-order valence-corrected chi connectivity index (χ1v) is 4.75. The average molecular weight is 211 g/mol. The molecular formula is C12H15F2N. The first kappa shape index (κ1) is 11.7. The van der Waals surface area contributed by atoms with E-state index < -0.39 is 5.92 Å². The standard InChI is InChI=1S/C12H15F2N/c1-9-4-5-10(2)11(6-9)7-15-8-12(3,13)14/h4-7,15H,2,8H2,1,3H3/b11-7-. The maximum absolute atomic E-state index is 12.5. The number of nitrogens with one attached hydrogen (secondary N) is 1. The number of hydrogen-bond acceptors (Lipinski definition) is 1. The number of halogens is 2. The van der Waals surface area contributed by atoms with E-state index in [1.54, 1.807) is 6.20 Å². The minimum atomic E-state index is -2.69. The molecule has 0 bridgehead atoms. The van der Waals surface area contributed by atoms with Crippen molar-refractivity contribution in [1.29, 1.82) is 0 Å². The molecule has 1 aromatic rings. The molecule has 0 radical (unpaired) electrons. The van der Waals surface area contributed by atoms with E-state index in [1.807, 2.05) is 25.1 Å². The van der Waals surface area contributed by atoms with Gasteiger partial charge in [0.25, 0.3) is 5.92 Å². The lowest BCUT2D eigenvalue weighted by molar-refractivity contribution is 0.0271. The molecule has 0 amide bonds. The average Bonchev–Trinajstić information content (AvgIpc) is 2.09. The van der Waals surface area contributed by atoms with Crippen molar-refractivity contribution in [2.45, 2.75) is 19.8 Å².